The number of benzene rings is 8. The lowest BCUT2D eigenvalue weighted by molar-refractivity contribution is 1.71. The van der Waals surface area contributed by atoms with Gasteiger partial charge in [-0.05, 0) is 139 Å². The van der Waals surface area contributed by atoms with Crippen LogP contribution in [-0.4, -0.2) is 0 Å². The van der Waals surface area contributed by atoms with Crippen molar-refractivity contribution in [2.75, 3.05) is 0 Å². The maximum Gasteiger partial charge on any atom is 0.0361 e. The zero-order chi connectivity index (χ0) is 33.5. The molecule has 0 nitrogen and oxygen atoms in total. The number of thiophene rings is 3. The smallest absolute Gasteiger partial charge is 0.0361 e. The van der Waals surface area contributed by atoms with Gasteiger partial charge in [-0.15, -0.1) is 11.3 Å². The minimum absolute atomic E-state index is 1.26. The fourth-order valence-electron chi connectivity index (χ4n) is 8.40. The largest absolute Gasteiger partial charge is 0.152 e. The first-order chi connectivity index (χ1) is 25.3. The highest BCUT2D eigenvalue weighted by Crippen LogP contribution is 2.48. The molecule has 0 aliphatic rings. The molecule has 3 aromatic heterocycles. The summed E-state index contributed by atoms with van der Waals surface area (Å²) >= 11 is 5.41. The maximum atomic E-state index is 2.44. The number of hydrogen-bond acceptors (Lipinski definition) is 3. The number of rotatable bonds is 4. The Kier molecular flexibility index (Phi) is 6.57. The fourth-order valence-corrected chi connectivity index (χ4v) is 10.8. The zero-order valence-corrected chi connectivity index (χ0v) is 29.8. The van der Waals surface area contributed by atoms with Crippen molar-refractivity contribution in [2.24, 2.45) is 0 Å². The quantitative estimate of drug-likeness (QED) is 0.160. The molecule has 3 heterocycles. The lowest BCUT2D eigenvalue weighted by Gasteiger charge is -2.17. The third-order valence-corrected chi connectivity index (χ3v) is 13.0. The predicted octanol–water partition coefficient (Wildman–Crippen LogP) is 15.5. The highest BCUT2D eigenvalue weighted by molar-refractivity contribution is 7.25. The first-order valence-electron chi connectivity index (χ1n) is 17.2. The Morgan fingerprint density at radius 1 is 0.275 bits per heavy atom. The van der Waals surface area contributed by atoms with E-state index >= 15 is 0 Å². The minimum Gasteiger partial charge on any atom is -0.152 e. The molecule has 0 unspecified atom stereocenters. The van der Waals surface area contributed by atoms with Crippen molar-refractivity contribution >= 4 is 97.3 Å². The second-order valence-corrected chi connectivity index (χ2v) is 15.9. The zero-order valence-electron chi connectivity index (χ0n) is 27.4. The maximum absolute atomic E-state index is 2.44. The molecule has 0 amide bonds. The van der Waals surface area contributed by atoms with Crippen molar-refractivity contribution in [1.82, 2.24) is 0 Å². The van der Waals surface area contributed by atoms with Crippen LogP contribution in [0.5, 0.6) is 0 Å². The molecule has 0 saturated heterocycles. The molecule has 0 saturated carbocycles. The molecule has 0 aliphatic carbocycles. The summed E-state index contributed by atoms with van der Waals surface area (Å²) in [5.41, 5.74) is 10.4. The molecule has 11 rings (SSSR count). The van der Waals surface area contributed by atoms with Crippen LogP contribution >= 0.6 is 34.0 Å². The first kappa shape index (κ1) is 29.2. The minimum atomic E-state index is 1.26. The van der Waals surface area contributed by atoms with Crippen LogP contribution in [0.1, 0.15) is 0 Å². The Balaban J connectivity index is 1.13. The molecular formula is C48H28S3. The summed E-state index contributed by atoms with van der Waals surface area (Å²) < 4.78 is 2.63. The Morgan fingerprint density at radius 2 is 0.667 bits per heavy atom. The van der Waals surface area contributed by atoms with E-state index in [0.29, 0.717) is 0 Å². The molecular weight excluding hydrogens is 673 g/mol. The topological polar surface area (TPSA) is 0 Å². The highest BCUT2D eigenvalue weighted by atomic mass is 32.1. The molecule has 0 radical (unpaired) electrons. The normalized spacial score (nSPS) is 11.9. The van der Waals surface area contributed by atoms with Gasteiger partial charge < -0.3 is 0 Å². The van der Waals surface area contributed by atoms with Gasteiger partial charge in [0.25, 0.3) is 0 Å². The van der Waals surface area contributed by atoms with Crippen LogP contribution in [0.15, 0.2) is 167 Å². The van der Waals surface area contributed by atoms with Crippen LogP contribution in [0.2, 0.25) is 0 Å². The van der Waals surface area contributed by atoms with Crippen molar-refractivity contribution in [2.45, 2.75) is 0 Å². The predicted molar refractivity (Wildman–Crippen MR) is 227 cm³/mol. The lowest BCUT2D eigenvalue weighted by atomic mass is 9.86. The summed E-state index contributed by atoms with van der Waals surface area (Å²) in [6, 6.07) is 54.5. The highest BCUT2D eigenvalue weighted by Gasteiger charge is 2.20. The van der Waals surface area contributed by atoms with Gasteiger partial charge in [-0.1, -0.05) is 115 Å². The van der Waals surface area contributed by atoms with Gasteiger partial charge in [-0.25, -0.2) is 0 Å². The molecule has 51 heavy (non-hydrogen) atoms. The molecule has 0 N–H and O–H groups in total. The van der Waals surface area contributed by atoms with Crippen molar-refractivity contribution in [1.29, 1.82) is 0 Å². The molecule has 11 aromatic rings. The van der Waals surface area contributed by atoms with Crippen LogP contribution in [0.25, 0.3) is 108 Å². The average molecular weight is 701 g/mol. The molecule has 238 valence electrons. The van der Waals surface area contributed by atoms with Gasteiger partial charge in [0, 0.05) is 20.2 Å². The van der Waals surface area contributed by atoms with E-state index < -0.39 is 0 Å². The lowest BCUT2D eigenvalue weighted by Crippen LogP contribution is -1.90. The SMILES string of the molecule is c1ccc2c(-c3ccc4c(c3)sc3ccc(-c5c6ccccc6c(-c6ccsc6)c6ccccc56)cc34)c3ccccc3c(-c3ccsc3)c2c1. The standard InChI is InChI=1S/C48H28S3/c1-5-13-38-34(9-1)45(35-10-2-6-14-39(35)47(38)31-21-23-49-27-31)29-18-20-43-42(25-29)33-19-17-30(26-44(33)51-43)46-36-11-3-7-15-40(36)48(32-22-24-50-28-32)41-16-8-4-12-37(41)46/h1-28H. The van der Waals surface area contributed by atoms with E-state index in [1.165, 1.54) is 108 Å². The molecule has 8 aromatic carbocycles. The molecule has 3 heteroatoms. The second-order valence-electron chi connectivity index (χ2n) is 13.2. The van der Waals surface area contributed by atoms with E-state index in [4.69, 9.17) is 0 Å². The summed E-state index contributed by atoms with van der Waals surface area (Å²) in [7, 11) is 0. The van der Waals surface area contributed by atoms with Gasteiger partial charge in [-0.3, -0.25) is 0 Å². The van der Waals surface area contributed by atoms with E-state index in [-0.39, 0.29) is 0 Å². The van der Waals surface area contributed by atoms with Crippen LogP contribution in [0, 0.1) is 0 Å². The summed E-state index contributed by atoms with van der Waals surface area (Å²) in [5.74, 6) is 0. The summed E-state index contributed by atoms with van der Waals surface area (Å²) in [6.07, 6.45) is 0. The van der Waals surface area contributed by atoms with Gasteiger partial charge in [0.2, 0.25) is 0 Å². The Labute approximate surface area is 307 Å². The third-order valence-electron chi connectivity index (χ3n) is 10.5. The van der Waals surface area contributed by atoms with E-state index in [0.717, 1.165) is 0 Å². The third kappa shape index (κ3) is 4.42. The van der Waals surface area contributed by atoms with Crippen LogP contribution in [-0.2, 0) is 0 Å². The first-order valence-corrected chi connectivity index (χ1v) is 19.9. The summed E-state index contributed by atoms with van der Waals surface area (Å²) in [6.45, 7) is 0. The Morgan fingerprint density at radius 3 is 1.08 bits per heavy atom. The molecule has 0 bridgehead atoms. The molecule has 0 atom stereocenters. The molecule has 0 fully saturated rings. The van der Waals surface area contributed by atoms with E-state index in [1.807, 2.05) is 11.3 Å². The molecule has 0 aliphatic heterocycles. The monoisotopic (exact) mass is 700 g/mol. The number of fused-ring (bicyclic) bond motifs is 7. The van der Waals surface area contributed by atoms with Crippen molar-refractivity contribution < 1.29 is 0 Å². The van der Waals surface area contributed by atoms with Gasteiger partial charge in [0.1, 0.15) is 0 Å². The van der Waals surface area contributed by atoms with Crippen LogP contribution in [0.3, 0.4) is 0 Å². The fraction of sp³-hybridized carbons (Fsp3) is 0. The van der Waals surface area contributed by atoms with Crippen molar-refractivity contribution in [3.8, 4) is 44.5 Å². The summed E-state index contributed by atoms with van der Waals surface area (Å²) in [5, 5.41) is 21.9. The van der Waals surface area contributed by atoms with Crippen LogP contribution in [0.4, 0.5) is 0 Å². The van der Waals surface area contributed by atoms with Crippen LogP contribution < -0.4 is 0 Å². The van der Waals surface area contributed by atoms with Gasteiger partial charge in [0.05, 0.1) is 0 Å². The van der Waals surface area contributed by atoms with Gasteiger partial charge >= 0.3 is 0 Å². The van der Waals surface area contributed by atoms with Crippen molar-refractivity contribution in [3.05, 3.63) is 167 Å². The van der Waals surface area contributed by atoms with Gasteiger partial charge in [-0.2, -0.15) is 22.7 Å². The van der Waals surface area contributed by atoms with E-state index in [9.17, 15) is 0 Å². The van der Waals surface area contributed by atoms with Crippen molar-refractivity contribution in [3.63, 3.8) is 0 Å². The van der Waals surface area contributed by atoms with E-state index in [2.05, 4.69) is 167 Å². The molecule has 0 spiro atoms. The summed E-state index contributed by atoms with van der Waals surface area (Å²) in [4.78, 5) is 0. The van der Waals surface area contributed by atoms with E-state index in [1.54, 1.807) is 22.7 Å². The second kappa shape index (κ2) is 11.5. The average Bonchev–Trinajstić information content (AvgIpc) is 3.98. The Bertz CT molecular complexity index is 3010. The van der Waals surface area contributed by atoms with Gasteiger partial charge in [0.15, 0.2) is 0 Å². The Hall–Kier alpha value is -5.58. The number of hydrogen-bond donors (Lipinski definition) is 0.